The highest BCUT2D eigenvalue weighted by Gasteiger charge is 2.17. The van der Waals surface area contributed by atoms with Crippen molar-refractivity contribution in [2.24, 2.45) is 0 Å². The Kier molecular flexibility index (Phi) is 4.59. The van der Waals surface area contributed by atoms with Crippen LogP contribution in [-0.4, -0.2) is 20.2 Å². The van der Waals surface area contributed by atoms with Crippen molar-refractivity contribution >= 4 is 39.9 Å². The predicted molar refractivity (Wildman–Crippen MR) is 107 cm³/mol. The molecule has 0 aliphatic rings. The van der Waals surface area contributed by atoms with Gasteiger partial charge in [0.25, 0.3) is 0 Å². The molecular formula is C19H15Cl2N5O. The van der Waals surface area contributed by atoms with Crippen LogP contribution in [0.3, 0.4) is 0 Å². The Labute approximate surface area is 165 Å². The van der Waals surface area contributed by atoms with Gasteiger partial charge in [-0.3, -0.25) is 10.1 Å². The van der Waals surface area contributed by atoms with Crippen molar-refractivity contribution in [2.75, 3.05) is 5.73 Å². The number of nitrogens with two attached hydrogens (primary N) is 1. The number of benzene rings is 1. The number of pyridine rings is 2. The first-order valence-electron chi connectivity index (χ1n) is 8.18. The van der Waals surface area contributed by atoms with Crippen LogP contribution in [0.2, 0.25) is 10.0 Å². The Morgan fingerprint density at radius 2 is 1.89 bits per heavy atom. The van der Waals surface area contributed by atoms with Gasteiger partial charge < -0.3 is 10.5 Å². The third kappa shape index (κ3) is 3.41. The van der Waals surface area contributed by atoms with Gasteiger partial charge in [-0.05, 0) is 37.3 Å². The molecule has 0 fully saturated rings. The Morgan fingerprint density at radius 1 is 1.11 bits per heavy atom. The van der Waals surface area contributed by atoms with Gasteiger partial charge in [-0.25, -0.2) is 4.98 Å². The van der Waals surface area contributed by atoms with Crippen molar-refractivity contribution in [3.05, 3.63) is 64.5 Å². The maximum absolute atomic E-state index is 6.23. The lowest BCUT2D eigenvalue weighted by Crippen LogP contribution is -2.05. The number of fused-ring (bicyclic) bond motifs is 1. The standard InChI is InChI=1S/C19H15Cl2N5O/c1-10(18-14(20)8-23-9-15(18)21)27-12-2-3-16-13(7-12)19(26-25-16)11-4-5-24-17(22)6-11/h2-10H,1H3,(H2,22,24)(H,25,26)/t10-/m1/s1. The molecule has 3 heterocycles. The number of hydrogen-bond donors (Lipinski definition) is 2. The van der Waals surface area contributed by atoms with Crippen LogP contribution >= 0.6 is 23.2 Å². The molecule has 0 radical (unpaired) electrons. The van der Waals surface area contributed by atoms with Gasteiger partial charge in [0, 0.05) is 35.1 Å². The van der Waals surface area contributed by atoms with E-state index in [1.165, 1.54) is 0 Å². The molecule has 0 spiro atoms. The third-order valence-corrected chi connectivity index (χ3v) is 4.80. The molecule has 0 saturated heterocycles. The minimum atomic E-state index is -0.350. The second-order valence-corrected chi connectivity index (χ2v) is 6.84. The quantitative estimate of drug-likeness (QED) is 0.500. The average molecular weight is 400 g/mol. The number of ether oxygens (including phenoxy) is 1. The Bertz CT molecular complexity index is 1110. The van der Waals surface area contributed by atoms with Crippen LogP contribution in [0.25, 0.3) is 22.2 Å². The summed E-state index contributed by atoms with van der Waals surface area (Å²) in [4.78, 5) is 7.99. The van der Waals surface area contributed by atoms with Crippen LogP contribution in [0.5, 0.6) is 5.75 Å². The fraction of sp³-hybridized carbons (Fsp3) is 0.105. The number of halogens is 2. The van der Waals surface area contributed by atoms with Gasteiger partial charge in [-0.1, -0.05) is 23.2 Å². The molecule has 0 aliphatic heterocycles. The molecule has 3 N–H and O–H groups in total. The molecule has 6 nitrogen and oxygen atoms in total. The summed E-state index contributed by atoms with van der Waals surface area (Å²) in [7, 11) is 0. The average Bonchev–Trinajstić information content (AvgIpc) is 3.05. The summed E-state index contributed by atoms with van der Waals surface area (Å²) in [5.41, 5.74) is 9.03. The molecule has 4 rings (SSSR count). The number of rotatable bonds is 4. The lowest BCUT2D eigenvalue weighted by Gasteiger charge is -2.17. The number of nitrogen functional groups attached to an aromatic ring is 1. The van der Waals surface area contributed by atoms with Crippen molar-refractivity contribution in [1.82, 2.24) is 20.2 Å². The molecule has 0 amide bonds. The fourth-order valence-electron chi connectivity index (χ4n) is 2.95. The third-order valence-electron chi connectivity index (χ3n) is 4.20. The van der Waals surface area contributed by atoms with Gasteiger partial charge in [0.1, 0.15) is 23.4 Å². The summed E-state index contributed by atoms with van der Waals surface area (Å²) in [6, 6.07) is 9.34. The molecule has 4 aromatic rings. The van der Waals surface area contributed by atoms with Crippen LogP contribution in [-0.2, 0) is 0 Å². The number of nitrogens with zero attached hydrogens (tertiary/aromatic N) is 3. The van der Waals surface area contributed by atoms with E-state index in [-0.39, 0.29) is 6.10 Å². The summed E-state index contributed by atoms with van der Waals surface area (Å²) in [5, 5.41) is 9.26. The van der Waals surface area contributed by atoms with E-state index in [1.807, 2.05) is 31.2 Å². The van der Waals surface area contributed by atoms with Crippen molar-refractivity contribution in [3.8, 4) is 17.0 Å². The number of nitrogens with one attached hydrogen (secondary N) is 1. The highest BCUT2D eigenvalue weighted by atomic mass is 35.5. The predicted octanol–water partition coefficient (Wildman–Crippen LogP) is 5.05. The normalized spacial score (nSPS) is 12.3. The largest absolute Gasteiger partial charge is 0.486 e. The molecule has 1 aromatic carbocycles. The van der Waals surface area contributed by atoms with E-state index in [0.29, 0.717) is 27.2 Å². The lowest BCUT2D eigenvalue weighted by molar-refractivity contribution is 0.227. The molecule has 0 bridgehead atoms. The van der Waals surface area contributed by atoms with Crippen molar-refractivity contribution in [1.29, 1.82) is 0 Å². The Hall–Kier alpha value is -2.83. The number of aromatic amines is 1. The summed E-state index contributed by atoms with van der Waals surface area (Å²) in [6.45, 7) is 1.89. The molecule has 0 unspecified atom stereocenters. The van der Waals surface area contributed by atoms with Crippen LogP contribution in [0.1, 0.15) is 18.6 Å². The van der Waals surface area contributed by atoms with Gasteiger partial charge in [0.05, 0.1) is 15.6 Å². The number of anilines is 1. The number of H-pyrrole nitrogens is 1. The van der Waals surface area contributed by atoms with Crippen LogP contribution in [0.4, 0.5) is 5.82 Å². The highest BCUT2D eigenvalue weighted by molar-refractivity contribution is 6.35. The molecule has 0 saturated carbocycles. The summed E-state index contributed by atoms with van der Waals surface area (Å²) >= 11 is 12.5. The van der Waals surface area contributed by atoms with E-state index in [4.69, 9.17) is 33.7 Å². The van der Waals surface area contributed by atoms with Gasteiger partial charge in [0.2, 0.25) is 0 Å². The van der Waals surface area contributed by atoms with Gasteiger partial charge in [-0.15, -0.1) is 0 Å². The summed E-state index contributed by atoms with van der Waals surface area (Å²) in [6.07, 6.45) is 4.40. The Balaban J connectivity index is 1.70. The molecular weight excluding hydrogens is 385 g/mol. The zero-order valence-electron chi connectivity index (χ0n) is 14.3. The summed E-state index contributed by atoms with van der Waals surface area (Å²) < 4.78 is 6.08. The van der Waals surface area contributed by atoms with Gasteiger partial charge in [-0.2, -0.15) is 5.10 Å². The summed E-state index contributed by atoms with van der Waals surface area (Å²) in [5.74, 6) is 1.11. The first kappa shape index (κ1) is 17.6. The SMILES string of the molecule is C[C@@H](Oc1ccc2[nH]nc(-c3ccnc(N)c3)c2c1)c1c(Cl)cncc1Cl. The van der Waals surface area contributed by atoms with Crippen molar-refractivity contribution in [2.45, 2.75) is 13.0 Å². The highest BCUT2D eigenvalue weighted by Crippen LogP contribution is 2.34. The minimum Gasteiger partial charge on any atom is -0.486 e. The monoisotopic (exact) mass is 399 g/mol. The van der Waals surface area contributed by atoms with Gasteiger partial charge in [0.15, 0.2) is 0 Å². The number of aromatic nitrogens is 4. The van der Waals surface area contributed by atoms with Crippen LogP contribution in [0.15, 0.2) is 48.9 Å². The minimum absolute atomic E-state index is 0.350. The Morgan fingerprint density at radius 3 is 2.63 bits per heavy atom. The molecule has 136 valence electrons. The second-order valence-electron chi connectivity index (χ2n) is 6.03. The molecule has 0 aliphatic carbocycles. The maximum Gasteiger partial charge on any atom is 0.124 e. The van der Waals surface area contributed by atoms with Crippen LogP contribution in [0, 0.1) is 0 Å². The smallest absolute Gasteiger partial charge is 0.124 e. The van der Waals surface area contributed by atoms with E-state index in [2.05, 4.69) is 20.2 Å². The fourth-order valence-corrected chi connectivity index (χ4v) is 3.63. The first-order chi connectivity index (χ1) is 13.0. The van der Waals surface area contributed by atoms with Crippen molar-refractivity contribution < 1.29 is 4.74 Å². The zero-order valence-corrected chi connectivity index (χ0v) is 15.8. The molecule has 3 aromatic heterocycles. The van der Waals surface area contributed by atoms with E-state index < -0.39 is 0 Å². The lowest BCUT2D eigenvalue weighted by atomic mass is 10.1. The molecule has 1 atom stereocenters. The topological polar surface area (TPSA) is 89.7 Å². The van der Waals surface area contributed by atoms with E-state index in [0.717, 1.165) is 22.2 Å². The van der Waals surface area contributed by atoms with Gasteiger partial charge >= 0.3 is 0 Å². The second kappa shape index (κ2) is 7.06. The van der Waals surface area contributed by atoms with E-state index in [9.17, 15) is 0 Å². The van der Waals surface area contributed by atoms with E-state index in [1.54, 1.807) is 24.7 Å². The maximum atomic E-state index is 6.23. The van der Waals surface area contributed by atoms with E-state index >= 15 is 0 Å². The molecule has 8 heteroatoms. The first-order valence-corrected chi connectivity index (χ1v) is 8.94. The number of hydrogen-bond acceptors (Lipinski definition) is 5. The van der Waals surface area contributed by atoms with Crippen molar-refractivity contribution in [3.63, 3.8) is 0 Å². The van der Waals surface area contributed by atoms with Crippen LogP contribution < -0.4 is 10.5 Å². The molecule has 27 heavy (non-hydrogen) atoms. The zero-order chi connectivity index (χ0) is 19.0.